The van der Waals surface area contributed by atoms with E-state index in [1.165, 1.54) is 24.8 Å². The lowest BCUT2D eigenvalue weighted by atomic mass is 10.1. The third-order valence-electron chi connectivity index (χ3n) is 8.05. The molecule has 2 saturated carbocycles. The number of nitrogens with one attached hydrogen (secondary N) is 5. The number of allylic oxidation sites excluding steroid dienone is 1. The Morgan fingerprint density at radius 3 is 2.41 bits per heavy atom. The van der Waals surface area contributed by atoms with Gasteiger partial charge in [0.1, 0.15) is 23.4 Å². The monoisotopic (exact) mass is 726 g/mol. The molecule has 14 nitrogen and oxygen atoms in total. The zero-order valence-electron chi connectivity index (χ0n) is 29.9. The molecule has 1 aromatic heterocycles. The van der Waals surface area contributed by atoms with Crippen molar-refractivity contribution in [1.82, 2.24) is 30.6 Å². The topological polar surface area (TPSA) is 188 Å². The SMILES string of the molecule is C=CC(=O)NCC(NC(=O)OC(C)(C)C)C(=O)N1CCCC1C(=O)NC.C=CC1CC1C(=O)NSC1CC1.COc1ccc2c(=O)[nH]ccc2c1. The number of rotatable bonds is 11. The molecule has 51 heavy (non-hydrogen) atoms. The molecule has 3 fully saturated rings. The van der Waals surface area contributed by atoms with Gasteiger partial charge in [-0.05, 0) is 106 Å². The van der Waals surface area contributed by atoms with Crippen molar-refractivity contribution in [3.8, 4) is 5.75 Å². The van der Waals surface area contributed by atoms with Crippen LogP contribution in [0.15, 0.2) is 60.6 Å². The van der Waals surface area contributed by atoms with E-state index in [0.29, 0.717) is 35.9 Å². The average molecular weight is 727 g/mol. The van der Waals surface area contributed by atoms with E-state index in [4.69, 9.17) is 9.47 Å². The summed E-state index contributed by atoms with van der Waals surface area (Å²) in [7, 11) is 3.11. The van der Waals surface area contributed by atoms with Crippen molar-refractivity contribution in [3.05, 3.63) is 66.1 Å². The Bertz CT molecular complexity index is 1640. The second kappa shape index (κ2) is 19.0. The van der Waals surface area contributed by atoms with Gasteiger partial charge >= 0.3 is 6.09 Å². The minimum absolute atomic E-state index is 0.0693. The van der Waals surface area contributed by atoms with Crippen LogP contribution in [0.3, 0.4) is 0 Å². The number of benzene rings is 1. The number of aromatic amines is 1. The number of amides is 5. The number of pyridine rings is 1. The number of H-pyrrole nitrogens is 1. The van der Waals surface area contributed by atoms with Gasteiger partial charge in [-0.25, -0.2) is 4.79 Å². The number of carbonyl (C=O) groups is 5. The van der Waals surface area contributed by atoms with Crippen LogP contribution in [0.25, 0.3) is 10.8 Å². The van der Waals surface area contributed by atoms with Gasteiger partial charge in [0, 0.05) is 42.9 Å². The number of aromatic nitrogens is 1. The zero-order valence-corrected chi connectivity index (χ0v) is 30.7. The van der Waals surface area contributed by atoms with Crippen molar-refractivity contribution in [2.75, 3.05) is 27.2 Å². The first kappa shape index (κ1) is 40.6. The van der Waals surface area contributed by atoms with Crippen LogP contribution >= 0.6 is 11.9 Å². The standard InChI is InChI=1S/C17H28N4O5.C10H9NO2.C9H13NOS/c1-6-13(22)19-10-11(20-16(25)26-17(2,3)4)15(24)21-9-7-8-12(21)14(23)18-5;1-13-8-2-3-9-7(6-8)4-5-11-10(9)12;1-2-6-5-8(6)9(11)10-12-7-3-4-7/h6,11-12H,1,7-10H2,2-5H3,(H,18,23)(H,19,22)(H,20,25);2-6H,1H3,(H,11,12);2,6-8H,1,3-5H2,(H,10,11). The summed E-state index contributed by atoms with van der Waals surface area (Å²) in [6.45, 7) is 12.4. The first-order valence-corrected chi connectivity index (χ1v) is 17.7. The molecule has 0 radical (unpaired) electrons. The molecule has 1 saturated heterocycles. The molecule has 2 heterocycles. The molecule has 0 spiro atoms. The Labute approximate surface area is 302 Å². The molecule has 278 valence electrons. The number of ether oxygens (including phenoxy) is 2. The molecular weight excluding hydrogens is 676 g/mol. The Morgan fingerprint density at radius 2 is 1.82 bits per heavy atom. The zero-order chi connectivity index (χ0) is 37.7. The van der Waals surface area contributed by atoms with Gasteiger partial charge in [-0.3, -0.25) is 28.7 Å². The average Bonchev–Trinajstić information content (AvgIpc) is 4.04. The minimum Gasteiger partial charge on any atom is -0.497 e. The molecule has 0 bridgehead atoms. The number of fused-ring (bicyclic) bond motifs is 1. The number of hydrogen-bond donors (Lipinski definition) is 5. The first-order valence-electron chi connectivity index (χ1n) is 16.9. The maximum Gasteiger partial charge on any atom is 0.408 e. The maximum atomic E-state index is 12.9. The van der Waals surface area contributed by atoms with Gasteiger partial charge < -0.3 is 35.3 Å². The highest BCUT2D eigenvalue weighted by Gasteiger charge is 2.41. The Morgan fingerprint density at radius 1 is 1.10 bits per heavy atom. The summed E-state index contributed by atoms with van der Waals surface area (Å²) in [5.41, 5.74) is -0.805. The summed E-state index contributed by atoms with van der Waals surface area (Å²) in [5, 5.41) is 9.77. The van der Waals surface area contributed by atoms with Crippen LogP contribution in [-0.4, -0.2) is 89.8 Å². The number of likely N-dealkylation sites (tertiary alicyclic amines) is 1. The number of methoxy groups -OCH3 is 1. The first-order chi connectivity index (χ1) is 24.2. The molecule has 5 N–H and O–H groups in total. The lowest BCUT2D eigenvalue weighted by molar-refractivity contribution is -0.139. The van der Waals surface area contributed by atoms with E-state index in [0.717, 1.165) is 23.6 Å². The smallest absolute Gasteiger partial charge is 0.408 e. The highest BCUT2D eigenvalue weighted by Crippen LogP contribution is 2.40. The third-order valence-corrected chi connectivity index (χ3v) is 9.17. The second-order valence-electron chi connectivity index (χ2n) is 13.2. The molecule has 5 amide bonds. The van der Waals surface area contributed by atoms with E-state index >= 15 is 0 Å². The molecule has 4 atom stereocenters. The molecular formula is C36H50N6O8S. The van der Waals surface area contributed by atoms with Crippen LogP contribution in [0.5, 0.6) is 5.75 Å². The minimum atomic E-state index is -1.06. The van der Waals surface area contributed by atoms with Crippen LogP contribution in [-0.2, 0) is 23.9 Å². The van der Waals surface area contributed by atoms with Crippen molar-refractivity contribution >= 4 is 52.4 Å². The summed E-state index contributed by atoms with van der Waals surface area (Å²) in [4.78, 5) is 75.0. The molecule has 4 unspecified atom stereocenters. The Kier molecular flexibility index (Phi) is 15.1. The van der Waals surface area contributed by atoms with Gasteiger partial charge in [0.25, 0.3) is 5.56 Å². The van der Waals surface area contributed by atoms with Crippen molar-refractivity contribution in [2.24, 2.45) is 11.8 Å². The van der Waals surface area contributed by atoms with Gasteiger partial charge in [0.05, 0.1) is 7.11 Å². The predicted octanol–water partition coefficient (Wildman–Crippen LogP) is 3.19. The summed E-state index contributed by atoms with van der Waals surface area (Å²) < 4.78 is 13.1. The van der Waals surface area contributed by atoms with Crippen molar-refractivity contribution in [3.63, 3.8) is 0 Å². The fraction of sp³-hybridized carbons (Fsp3) is 0.500. The number of hydrogen-bond acceptors (Lipinski definition) is 9. The fourth-order valence-corrected chi connectivity index (χ4v) is 5.88. The van der Waals surface area contributed by atoms with E-state index in [2.05, 4.69) is 38.8 Å². The maximum absolute atomic E-state index is 12.9. The molecule has 2 aromatic rings. The van der Waals surface area contributed by atoms with Crippen LogP contribution in [0.2, 0.25) is 0 Å². The summed E-state index contributed by atoms with van der Waals surface area (Å²) in [5.74, 6) is 0.458. The van der Waals surface area contributed by atoms with E-state index < -0.39 is 35.6 Å². The third kappa shape index (κ3) is 13.1. The number of nitrogens with zero attached hydrogens (tertiary/aromatic N) is 1. The van der Waals surface area contributed by atoms with Crippen molar-refractivity contribution in [2.45, 2.75) is 75.8 Å². The summed E-state index contributed by atoms with van der Waals surface area (Å²) in [6, 6.07) is 5.57. The van der Waals surface area contributed by atoms with E-state index in [1.807, 2.05) is 18.2 Å². The Balaban J connectivity index is 0.000000231. The highest BCUT2D eigenvalue weighted by atomic mass is 32.2. The molecule has 3 aliphatic rings. The number of likely N-dealkylation sites (N-methyl/N-ethyl adjacent to an activating group) is 1. The lowest BCUT2D eigenvalue weighted by Crippen LogP contribution is -2.57. The summed E-state index contributed by atoms with van der Waals surface area (Å²) >= 11 is 1.60. The quantitative estimate of drug-likeness (QED) is 0.132. The summed E-state index contributed by atoms with van der Waals surface area (Å²) in [6.07, 6.45) is 8.56. The van der Waals surface area contributed by atoms with E-state index in [1.54, 1.807) is 58.2 Å². The predicted molar refractivity (Wildman–Crippen MR) is 197 cm³/mol. The molecule has 15 heteroatoms. The fourth-order valence-electron chi connectivity index (χ4n) is 5.07. The van der Waals surface area contributed by atoms with Gasteiger partial charge in [0.15, 0.2) is 0 Å². The second-order valence-corrected chi connectivity index (χ2v) is 14.3. The molecule has 5 rings (SSSR count). The van der Waals surface area contributed by atoms with Gasteiger partial charge in [0.2, 0.25) is 23.6 Å². The molecule has 2 aliphatic carbocycles. The van der Waals surface area contributed by atoms with Crippen LogP contribution in [0.1, 0.15) is 52.9 Å². The highest BCUT2D eigenvalue weighted by molar-refractivity contribution is 7.98. The van der Waals surface area contributed by atoms with Gasteiger partial charge in [-0.1, -0.05) is 12.7 Å². The van der Waals surface area contributed by atoms with Crippen LogP contribution in [0, 0.1) is 11.8 Å². The van der Waals surface area contributed by atoms with Crippen LogP contribution < -0.4 is 31.0 Å². The van der Waals surface area contributed by atoms with Gasteiger partial charge in [-0.15, -0.1) is 6.58 Å². The normalized spacial score (nSPS) is 19.4. The van der Waals surface area contributed by atoms with E-state index in [9.17, 15) is 28.8 Å². The van der Waals surface area contributed by atoms with Crippen molar-refractivity contribution < 1.29 is 33.4 Å². The van der Waals surface area contributed by atoms with E-state index in [-0.39, 0.29) is 29.8 Å². The van der Waals surface area contributed by atoms with Crippen molar-refractivity contribution in [1.29, 1.82) is 0 Å². The largest absolute Gasteiger partial charge is 0.497 e. The molecule has 1 aliphatic heterocycles. The number of carbonyl (C=O) groups excluding carboxylic acids is 5. The van der Waals surface area contributed by atoms with Gasteiger partial charge in [-0.2, -0.15) is 0 Å². The molecule has 1 aromatic carbocycles. The lowest BCUT2D eigenvalue weighted by Gasteiger charge is -2.29. The Hall–Kier alpha value is -4.79. The number of alkyl carbamates (subject to hydrolysis) is 1. The van der Waals surface area contributed by atoms with Crippen LogP contribution in [0.4, 0.5) is 4.79 Å².